The Labute approximate surface area is 151 Å². The zero-order valence-electron chi connectivity index (χ0n) is 13.6. The first-order valence-electron chi connectivity index (χ1n) is 8.08. The molecule has 0 spiro atoms. The fourth-order valence-corrected chi connectivity index (χ4v) is 4.34. The second-order valence-electron chi connectivity index (χ2n) is 6.02. The third kappa shape index (κ3) is 2.94. The van der Waals surface area contributed by atoms with E-state index in [0.717, 1.165) is 44.3 Å². The first-order chi connectivity index (χ1) is 11.2. The third-order valence-electron chi connectivity index (χ3n) is 4.41. The van der Waals surface area contributed by atoms with Gasteiger partial charge in [0.1, 0.15) is 4.70 Å². The molecule has 0 N–H and O–H groups in total. The van der Waals surface area contributed by atoms with E-state index >= 15 is 0 Å². The van der Waals surface area contributed by atoms with E-state index in [4.69, 9.17) is 0 Å². The molecular formula is C18H20ClN3OS. The van der Waals surface area contributed by atoms with E-state index in [9.17, 15) is 5.21 Å². The maximum Gasteiger partial charge on any atom is 0.301 e. The normalized spacial score (nSPS) is 14.6. The number of rotatable bonds is 2. The maximum atomic E-state index is 12.5. The number of halogens is 1. The summed E-state index contributed by atoms with van der Waals surface area (Å²) < 4.78 is 1.97. The molecule has 1 aliphatic heterocycles. The van der Waals surface area contributed by atoms with Gasteiger partial charge in [-0.3, -0.25) is 0 Å². The number of nitrogens with zero attached hydrogens (tertiary/aromatic N) is 3. The second kappa shape index (κ2) is 6.95. The number of aryl methyl sites for hydroxylation is 1. The van der Waals surface area contributed by atoms with Crippen LogP contribution >= 0.6 is 23.7 Å². The molecule has 1 aromatic carbocycles. The maximum absolute atomic E-state index is 12.5. The first kappa shape index (κ1) is 17.0. The highest BCUT2D eigenvalue weighted by Gasteiger charge is 2.25. The lowest BCUT2D eigenvalue weighted by Gasteiger charge is -2.25. The summed E-state index contributed by atoms with van der Waals surface area (Å²) in [5, 5.41) is 12.5. The summed E-state index contributed by atoms with van der Waals surface area (Å²) in [6, 6.07) is 12.2. The summed E-state index contributed by atoms with van der Waals surface area (Å²) in [5.41, 5.74) is 1.89. The average molecular weight is 362 g/mol. The van der Waals surface area contributed by atoms with Gasteiger partial charge in [-0.2, -0.15) is 0 Å². The Hall–Kier alpha value is -1.85. The van der Waals surface area contributed by atoms with Crippen molar-refractivity contribution in [1.82, 2.24) is 4.98 Å². The minimum absolute atomic E-state index is 0. The highest BCUT2D eigenvalue weighted by atomic mass is 35.5. The van der Waals surface area contributed by atoms with Crippen molar-refractivity contribution in [3.8, 4) is 10.4 Å². The van der Waals surface area contributed by atoms with Crippen LogP contribution in [0.1, 0.15) is 25.1 Å². The van der Waals surface area contributed by atoms with Gasteiger partial charge in [-0.05, 0) is 29.8 Å². The molecule has 126 valence electrons. The van der Waals surface area contributed by atoms with Gasteiger partial charge in [0, 0.05) is 31.0 Å². The molecule has 4 rings (SSSR count). The van der Waals surface area contributed by atoms with Crippen molar-refractivity contribution in [2.24, 2.45) is 0 Å². The van der Waals surface area contributed by atoms with Crippen LogP contribution in [0.5, 0.6) is 0 Å². The van der Waals surface area contributed by atoms with Crippen LogP contribution in [0.25, 0.3) is 20.7 Å². The molecule has 24 heavy (non-hydrogen) atoms. The molecule has 1 fully saturated rings. The van der Waals surface area contributed by atoms with E-state index in [2.05, 4.69) is 22.0 Å². The summed E-state index contributed by atoms with van der Waals surface area (Å²) in [6.07, 6.45) is 3.68. The van der Waals surface area contributed by atoms with E-state index in [1.165, 1.54) is 19.3 Å². The molecule has 0 unspecified atom stereocenters. The van der Waals surface area contributed by atoms with Gasteiger partial charge in [-0.1, -0.05) is 30.3 Å². The van der Waals surface area contributed by atoms with Crippen LogP contribution < -0.4 is 9.63 Å². The van der Waals surface area contributed by atoms with E-state index in [1.54, 1.807) is 18.3 Å². The molecule has 3 heterocycles. The van der Waals surface area contributed by atoms with Crippen LogP contribution in [0.2, 0.25) is 0 Å². The smallest absolute Gasteiger partial charge is 0.301 e. The highest BCUT2D eigenvalue weighted by Crippen LogP contribution is 2.37. The Kier molecular flexibility index (Phi) is 4.92. The number of piperidine rings is 1. The van der Waals surface area contributed by atoms with Gasteiger partial charge in [0.15, 0.2) is 5.52 Å². The highest BCUT2D eigenvalue weighted by molar-refractivity contribution is 7.22. The lowest BCUT2D eigenvalue weighted by atomic mass is 10.1. The Morgan fingerprint density at radius 1 is 1.12 bits per heavy atom. The van der Waals surface area contributed by atoms with Gasteiger partial charge in [0.05, 0.1) is 0 Å². The Bertz CT molecular complexity index is 844. The minimum Gasteiger partial charge on any atom is -0.710 e. The largest absolute Gasteiger partial charge is 0.710 e. The number of fused-ring (bicyclic) bond motifs is 1. The average Bonchev–Trinajstić information content (AvgIpc) is 3.05. The summed E-state index contributed by atoms with van der Waals surface area (Å²) >= 11 is 1.67. The summed E-state index contributed by atoms with van der Waals surface area (Å²) in [7, 11) is 0. The molecule has 4 nitrogen and oxygen atoms in total. The number of hydrogen-bond acceptors (Lipinski definition) is 4. The predicted octanol–water partition coefficient (Wildman–Crippen LogP) is 4.32. The summed E-state index contributed by atoms with van der Waals surface area (Å²) in [6.45, 7) is 3.85. The molecule has 0 aliphatic carbocycles. The topological polar surface area (TPSA) is 43.1 Å². The fraction of sp³-hybridized carbons (Fsp3) is 0.333. The molecule has 2 aromatic heterocycles. The van der Waals surface area contributed by atoms with Crippen LogP contribution in [-0.2, 0) is 0 Å². The van der Waals surface area contributed by atoms with Crippen molar-refractivity contribution in [2.75, 3.05) is 18.0 Å². The van der Waals surface area contributed by atoms with E-state index < -0.39 is 0 Å². The van der Waals surface area contributed by atoms with Gasteiger partial charge >= 0.3 is 5.82 Å². The summed E-state index contributed by atoms with van der Waals surface area (Å²) in [4.78, 5) is 8.08. The summed E-state index contributed by atoms with van der Waals surface area (Å²) in [5.74, 6) is 1.51. The number of aromatic nitrogens is 2. The second-order valence-corrected chi connectivity index (χ2v) is 7.07. The number of thiophene rings is 1. The molecular weight excluding hydrogens is 342 g/mol. The van der Waals surface area contributed by atoms with Crippen molar-refractivity contribution >= 4 is 39.8 Å². The van der Waals surface area contributed by atoms with Crippen molar-refractivity contribution in [2.45, 2.75) is 26.2 Å². The van der Waals surface area contributed by atoms with Gasteiger partial charge in [0.2, 0.25) is 0 Å². The van der Waals surface area contributed by atoms with Crippen molar-refractivity contribution in [3.63, 3.8) is 0 Å². The predicted molar refractivity (Wildman–Crippen MR) is 102 cm³/mol. The van der Waals surface area contributed by atoms with Crippen LogP contribution in [-0.4, -0.2) is 18.1 Å². The molecule has 0 bridgehead atoms. The fourth-order valence-electron chi connectivity index (χ4n) is 3.18. The van der Waals surface area contributed by atoms with Crippen LogP contribution in [0.4, 0.5) is 5.82 Å². The SMILES string of the molecule is Cc1nc(N2CCCCC2)c2sc(-c3ccccc3)cc2[n+]1[O-].Cl. The molecule has 0 radical (unpaired) electrons. The van der Waals surface area contributed by atoms with Crippen molar-refractivity contribution in [3.05, 3.63) is 47.4 Å². The van der Waals surface area contributed by atoms with Crippen LogP contribution in [0.15, 0.2) is 36.4 Å². The molecule has 3 aromatic rings. The van der Waals surface area contributed by atoms with Gasteiger partial charge < -0.3 is 10.1 Å². The van der Waals surface area contributed by atoms with Gasteiger partial charge in [-0.15, -0.1) is 23.7 Å². The first-order valence-corrected chi connectivity index (χ1v) is 8.90. The van der Waals surface area contributed by atoms with Crippen molar-refractivity contribution in [1.29, 1.82) is 0 Å². The Balaban J connectivity index is 0.00000169. The zero-order chi connectivity index (χ0) is 15.8. The third-order valence-corrected chi connectivity index (χ3v) is 5.58. The lowest BCUT2D eigenvalue weighted by molar-refractivity contribution is -0.587. The Morgan fingerprint density at radius 3 is 2.54 bits per heavy atom. The standard InChI is InChI=1S/C18H19N3OS.ClH/c1-13-19-18(20-10-6-3-7-11-20)17-15(21(13)22)12-16(23-17)14-8-4-2-5-9-14;/h2,4-5,8-9,12H,3,6-7,10-11H2,1H3;1H. The van der Waals surface area contributed by atoms with E-state index in [-0.39, 0.29) is 12.4 Å². The van der Waals surface area contributed by atoms with Crippen LogP contribution in [0, 0.1) is 12.1 Å². The van der Waals surface area contributed by atoms with Crippen LogP contribution in [0.3, 0.4) is 0 Å². The Morgan fingerprint density at radius 2 is 1.83 bits per heavy atom. The minimum atomic E-state index is 0. The zero-order valence-corrected chi connectivity index (χ0v) is 15.2. The number of anilines is 1. The molecule has 1 aliphatic rings. The van der Waals surface area contributed by atoms with Gasteiger partial charge in [-0.25, -0.2) is 4.73 Å². The van der Waals surface area contributed by atoms with Gasteiger partial charge in [0.25, 0.3) is 5.82 Å². The lowest BCUT2D eigenvalue weighted by Crippen LogP contribution is -2.36. The van der Waals surface area contributed by atoms with E-state index in [1.807, 2.05) is 24.3 Å². The monoisotopic (exact) mass is 361 g/mol. The van der Waals surface area contributed by atoms with E-state index in [0.29, 0.717) is 5.82 Å². The molecule has 1 saturated heterocycles. The van der Waals surface area contributed by atoms with Crippen molar-refractivity contribution < 1.29 is 4.73 Å². The number of benzene rings is 1. The quantitative estimate of drug-likeness (QED) is 0.504. The molecule has 0 atom stereocenters. The molecule has 6 heteroatoms. The molecule has 0 saturated carbocycles. The molecule has 0 amide bonds. The number of hydrogen-bond donors (Lipinski definition) is 0.